The summed E-state index contributed by atoms with van der Waals surface area (Å²) >= 11 is 0. The van der Waals surface area contributed by atoms with E-state index >= 15 is 0 Å². The van der Waals surface area contributed by atoms with Gasteiger partial charge in [0.2, 0.25) is 11.8 Å². The molecule has 5 heteroatoms. The predicted octanol–water partition coefficient (Wildman–Crippen LogP) is 1.20. The number of hydrogen-bond acceptors (Lipinski definition) is 3. The number of amides is 2. The summed E-state index contributed by atoms with van der Waals surface area (Å²) in [6, 6.07) is 2.08. The lowest BCUT2D eigenvalue weighted by molar-refractivity contribution is -0.131. The minimum Gasteiger partial charge on any atom is -0.353 e. The zero-order valence-electron chi connectivity index (χ0n) is 11.2. The summed E-state index contributed by atoms with van der Waals surface area (Å²) in [5, 5.41) is 11.6. The molecule has 2 amide bonds. The molecule has 0 atom stereocenters. The van der Waals surface area contributed by atoms with E-state index in [1.165, 1.54) is 12.8 Å². The maximum atomic E-state index is 12.0. The van der Waals surface area contributed by atoms with E-state index in [9.17, 15) is 9.59 Å². The van der Waals surface area contributed by atoms with Crippen molar-refractivity contribution in [3.63, 3.8) is 0 Å². The lowest BCUT2D eigenvalue weighted by atomic mass is 10.0. The van der Waals surface area contributed by atoms with Gasteiger partial charge in [-0.3, -0.25) is 9.59 Å². The van der Waals surface area contributed by atoms with Crippen LogP contribution in [0.3, 0.4) is 0 Å². The number of piperidine rings is 1. The maximum absolute atomic E-state index is 12.0. The summed E-state index contributed by atoms with van der Waals surface area (Å²) in [6.45, 7) is 1.30. The van der Waals surface area contributed by atoms with Crippen LogP contribution in [0.15, 0.2) is 0 Å². The third-order valence-electron chi connectivity index (χ3n) is 4.15. The molecule has 0 bridgehead atoms. The molecular formula is C14H21N3O2. The van der Waals surface area contributed by atoms with Crippen LogP contribution in [0, 0.1) is 17.2 Å². The van der Waals surface area contributed by atoms with E-state index in [0.717, 1.165) is 25.7 Å². The molecule has 19 heavy (non-hydrogen) atoms. The van der Waals surface area contributed by atoms with E-state index in [1.54, 1.807) is 4.90 Å². The van der Waals surface area contributed by atoms with Gasteiger partial charge in [-0.2, -0.15) is 5.26 Å². The van der Waals surface area contributed by atoms with Crippen LogP contribution in [0.2, 0.25) is 0 Å². The van der Waals surface area contributed by atoms with Crippen molar-refractivity contribution in [3.05, 3.63) is 0 Å². The number of likely N-dealkylation sites (tertiary alicyclic amines) is 1. The fourth-order valence-corrected chi connectivity index (χ4v) is 2.96. The van der Waals surface area contributed by atoms with Crippen LogP contribution in [0.4, 0.5) is 0 Å². The number of nitriles is 1. The minimum absolute atomic E-state index is 0.0426. The first kappa shape index (κ1) is 13.9. The Morgan fingerprint density at radius 3 is 2.37 bits per heavy atom. The molecule has 2 aliphatic rings. The molecule has 1 N–H and O–H groups in total. The SMILES string of the molecule is N#CCC(=O)N1CCC(NC(=O)C2CCCC2)CC1. The van der Waals surface area contributed by atoms with Gasteiger partial charge < -0.3 is 10.2 Å². The standard InChI is InChI=1S/C14H21N3O2/c15-8-5-13(18)17-9-6-12(7-10-17)16-14(19)11-3-1-2-4-11/h11-12H,1-7,9-10H2,(H,16,19). The molecule has 0 radical (unpaired) electrons. The quantitative estimate of drug-likeness (QED) is 0.831. The largest absolute Gasteiger partial charge is 0.353 e. The van der Waals surface area contributed by atoms with Crippen molar-refractivity contribution in [3.8, 4) is 6.07 Å². The van der Waals surface area contributed by atoms with Crippen LogP contribution < -0.4 is 5.32 Å². The molecule has 0 aromatic rings. The smallest absolute Gasteiger partial charge is 0.236 e. The van der Waals surface area contributed by atoms with Gasteiger partial charge in [-0.1, -0.05) is 12.8 Å². The third kappa shape index (κ3) is 3.69. The fraction of sp³-hybridized carbons (Fsp3) is 0.786. The molecule has 1 heterocycles. The van der Waals surface area contributed by atoms with Crippen molar-refractivity contribution < 1.29 is 9.59 Å². The van der Waals surface area contributed by atoms with Gasteiger partial charge in [-0.15, -0.1) is 0 Å². The van der Waals surface area contributed by atoms with Gasteiger partial charge in [0.1, 0.15) is 6.42 Å². The van der Waals surface area contributed by atoms with E-state index in [1.807, 2.05) is 6.07 Å². The number of rotatable bonds is 3. The van der Waals surface area contributed by atoms with Gasteiger partial charge >= 0.3 is 0 Å². The van der Waals surface area contributed by atoms with Gasteiger partial charge in [-0.25, -0.2) is 0 Å². The van der Waals surface area contributed by atoms with Crippen molar-refractivity contribution in [1.82, 2.24) is 10.2 Å². The van der Waals surface area contributed by atoms with Crippen molar-refractivity contribution in [2.75, 3.05) is 13.1 Å². The van der Waals surface area contributed by atoms with Crippen molar-refractivity contribution in [2.24, 2.45) is 5.92 Å². The summed E-state index contributed by atoms with van der Waals surface area (Å²) in [5.41, 5.74) is 0. The Morgan fingerprint density at radius 1 is 1.16 bits per heavy atom. The Morgan fingerprint density at radius 2 is 1.79 bits per heavy atom. The van der Waals surface area contributed by atoms with Crippen LogP contribution in [0.25, 0.3) is 0 Å². The average Bonchev–Trinajstić information content (AvgIpc) is 2.94. The number of nitrogens with zero attached hydrogens (tertiary/aromatic N) is 2. The monoisotopic (exact) mass is 263 g/mol. The molecule has 2 fully saturated rings. The maximum Gasteiger partial charge on any atom is 0.236 e. The second kappa shape index (κ2) is 6.55. The molecule has 1 aliphatic heterocycles. The Bertz CT molecular complexity index is 375. The van der Waals surface area contributed by atoms with E-state index in [-0.39, 0.29) is 30.2 Å². The number of carbonyl (C=O) groups is 2. The van der Waals surface area contributed by atoms with Gasteiger partial charge in [0, 0.05) is 25.0 Å². The highest BCUT2D eigenvalue weighted by Crippen LogP contribution is 2.25. The van der Waals surface area contributed by atoms with Gasteiger partial charge in [-0.05, 0) is 25.7 Å². The normalized spacial score (nSPS) is 21.1. The first-order chi connectivity index (χ1) is 9.20. The summed E-state index contributed by atoms with van der Waals surface area (Å²) in [6.07, 6.45) is 5.93. The fourth-order valence-electron chi connectivity index (χ4n) is 2.96. The molecule has 0 aromatic heterocycles. The number of hydrogen-bond donors (Lipinski definition) is 1. The molecule has 104 valence electrons. The first-order valence-corrected chi connectivity index (χ1v) is 7.16. The van der Waals surface area contributed by atoms with Gasteiger partial charge in [0.05, 0.1) is 6.07 Å². The second-order valence-electron chi connectivity index (χ2n) is 5.48. The first-order valence-electron chi connectivity index (χ1n) is 7.16. The highest BCUT2D eigenvalue weighted by molar-refractivity contribution is 5.79. The lowest BCUT2D eigenvalue weighted by Gasteiger charge is -2.32. The van der Waals surface area contributed by atoms with Crippen LogP contribution in [-0.2, 0) is 9.59 Å². The van der Waals surface area contributed by atoms with Crippen molar-refractivity contribution in [1.29, 1.82) is 5.26 Å². The van der Waals surface area contributed by atoms with Crippen LogP contribution >= 0.6 is 0 Å². The Balaban J connectivity index is 1.72. The molecule has 0 aromatic carbocycles. The van der Waals surface area contributed by atoms with Gasteiger partial charge in [0.25, 0.3) is 0 Å². The Kier molecular flexibility index (Phi) is 4.78. The van der Waals surface area contributed by atoms with E-state index in [0.29, 0.717) is 13.1 Å². The minimum atomic E-state index is -0.0944. The van der Waals surface area contributed by atoms with E-state index < -0.39 is 0 Å². The summed E-state index contributed by atoms with van der Waals surface area (Å²) < 4.78 is 0. The zero-order valence-corrected chi connectivity index (χ0v) is 11.2. The molecule has 5 nitrogen and oxygen atoms in total. The third-order valence-corrected chi connectivity index (χ3v) is 4.15. The highest BCUT2D eigenvalue weighted by Gasteiger charge is 2.27. The van der Waals surface area contributed by atoms with E-state index in [4.69, 9.17) is 5.26 Å². The summed E-state index contributed by atoms with van der Waals surface area (Å²) in [7, 11) is 0. The number of nitrogens with one attached hydrogen (secondary N) is 1. The van der Waals surface area contributed by atoms with E-state index in [2.05, 4.69) is 5.32 Å². The van der Waals surface area contributed by atoms with Crippen LogP contribution in [-0.4, -0.2) is 35.8 Å². The molecule has 2 rings (SSSR count). The predicted molar refractivity (Wildman–Crippen MR) is 69.9 cm³/mol. The Hall–Kier alpha value is -1.57. The molecule has 1 saturated heterocycles. The Labute approximate surface area is 113 Å². The molecule has 1 saturated carbocycles. The number of carbonyl (C=O) groups excluding carboxylic acids is 2. The summed E-state index contributed by atoms with van der Waals surface area (Å²) in [4.78, 5) is 25.3. The summed E-state index contributed by atoms with van der Waals surface area (Å²) in [5.74, 6) is 0.306. The molecule has 0 spiro atoms. The average molecular weight is 263 g/mol. The molecule has 0 unspecified atom stereocenters. The van der Waals surface area contributed by atoms with Crippen molar-refractivity contribution >= 4 is 11.8 Å². The molecule has 1 aliphatic carbocycles. The van der Waals surface area contributed by atoms with Gasteiger partial charge in [0.15, 0.2) is 0 Å². The molecular weight excluding hydrogens is 242 g/mol. The van der Waals surface area contributed by atoms with Crippen LogP contribution in [0.1, 0.15) is 44.9 Å². The van der Waals surface area contributed by atoms with Crippen LogP contribution in [0.5, 0.6) is 0 Å². The van der Waals surface area contributed by atoms with Crippen molar-refractivity contribution in [2.45, 2.75) is 51.0 Å². The second-order valence-corrected chi connectivity index (χ2v) is 5.48. The zero-order chi connectivity index (χ0) is 13.7. The lowest BCUT2D eigenvalue weighted by Crippen LogP contribution is -2.47. The topological polar surface area (TPSA) is 73.2 Å². The highest BCUT2D eigenvalue weighted by atomic mass is 16.2.